The Balaban J connectivity index is 1.29. The van der Waals surface area contributed by atoms with E-state index in [1.165, 1.54) is 25.3 Å². The number of methoxy groups -OCH3 is 1. The molecule has 4 rings (SSSR count). The van der Waals surface area contributed by atoms with Crippen LogP contribution in [0.5, 0.6) is 5.75 Å². The van der Waals surface area contributed by atoms with Crippen LogP contribution in [-0.2, 0) is 22.5 Å². The SMILES string of the molecule is COc1ccc(F)cc1NC(=O)Nc1ccc2c(c1)CCN(C(=O)O[C@H]1CC[C@H](CC(=O)O)CC1)C2. The predicted molar refractivity (Wildman–Crippen MR) is 131 cm³/mol. The summed E-state index contributed by atoms with van der Waals surface area (Å²) in [5, 5.41) is 14.3. The van der Waals surface area contributed by atoms with E-state index in [0.717, 1.165) is 24.0 Å². The fourth-order valence-corrected chi connectivity index (χ4v) is 4.77. The number of halogens is 1. The Bertz CT molecular complexity index is 1130. The molecule has 0 atom stereocenters. The topological polar surface area (TPSA) is 117 Å². The van der Waals surface area contributed by atoms with E-state index in [4.69, 9.17) is 14.6 Å². The minimum Gasteiger partial charge on any atom is -0.495 e. The number of carbonyl (C=O) groups is 3. The molecular weight excluding hydrogens is 469 g/mol. The molecule has 2 aliphatic rings. The summed E-state index contributed by atoms with van der Waals surface area (Å²) in [4.78, 5) is 37.7. The number of nitrogens with zero attached hydrogens (tertiary/aromatic N) is 1. The van der Waals surface area contributed by atoms with Crippen molar-refractivity contribution in [2.45, 2.75) is 51.2 Å². The van der Waals surface area contributed by atoms with Crippen LogP contribution in [0.2, 0.25) is 0 Å². The van der Waals surface area contributed by atoms with Gasteiger partial charge in [0.15, 0.2) is 0 Å². The van der Waals surface area contributed by atoms with Gasteiger partial charge >= 0.3 is 18.1 Å². The number of carboxylic acids is 1. The van der Waals surface area contributed by atoms with Gasteiger partial charge < -0.3 is 30.1 Å². The number of hydrogen-bond donors (Lipinski definition) is 3. The third-order valence-corrected chi connectivity index (χ3v) is 6.67. The normalized spacial score (nSPS) is 19.1. The number of anilines is 2. The van der Waals surface area contributed by atoms with E-state index >= 15 is 0 Å². The zero-order valence-electron chi connectivity index (χ0n) is 20.1. The van der Waals surface area contributed by atoms with E-state index in [1.807, 2.05) is 12.1 Å². The second kappa shape index (κ2) is 11.3. The molecule has 0 unspecified atom stereocenters. The van der Waals surface area contributed by atoms with Gasteiger partial charge in [-0.3, -0.25) is 4.79 Å². The van der Waals surface area contributed by atoms with Gasteiger partial charge in [0, 0.05) is 31.3 Å². The van der Waals surface area contributed by atoms with Crippen LogP contribution in [0.25, 0.3) is 0 Å². The maximum Gasteiger partial charge on any atom is 0.410 e. The van der Waals surface area contributed by atoms with E-state index in [0.29, 0.717) is 43.8 Å². The second-order valence-electron chi connectivity index (χ2n) is 9.20. The lowest BCUT2D eigenvalue weighted by Crippen LogP contribution is -2.39. The highest BCUT2D eigenvalue weighted by atomic mass is 19.1. The summed E-state index contributed by atoms with van der Waals surface area (Å²) < 4.78 is 24.4. The number of amides is 3. The van der Waals surface area contributed by atoms with Crippen LogP contribution in [0.15, 0.2) is 36.4 Å². The Morgan fingerprint density at radius 3 is 2.56 bits per heavy atom. The zero-order chi connectivity index (χ0) is 25.7. The van der Waals surface area contributed by atoms with Crippen LogP contribution in [0.4, 0.5) is 25.4 Å². The van der Waals surface area contributed by atoms with Crippen molar-refractivity contribution in [3.8, 4) is 5.75 Å². The molecule has 1 saturated carbocycles. The molecule has 2 aromatic carbocycles. The molecule has 9 nitrogen and oxygen atoms in total. The van der Waals surface area contributed by atoms with Crippen LogP contribution in [-0.4, -0.2) is 47.9 Å². The van der Waals surface area contributed by atoms with Gasteiger partial charge in [0.2, 0.25) is 0 Å². The van der Waals surface area contributed by atoms with Gasteiger partial charge in [-0.2, -0.15) is 0 Å². The molecule has 0 bridgehead atoms. The summed E-state index contributed by atoms with van der Waals surface area (Å²) in [5.74, 6) is -0.778. The highest BCUT2D eigenvalue weighted by Gasteiger charge is 2.28. The van der Waals surface area contributed by atoms with Gasteiger partial charge in [-0.15, -0.1) is 0 Å². The molecule has 0 radical (unpaired) electrons. The molecule has 36 heavy (non-hydrogen) atoms. The Morgan fingerprint density at radius 1 is 1.06 bits per heavy atom. The number of aliphatic carboxylic acids is 1. The standard InChI is InChI=1S/C26H30FN3O6/c1-35-23-9-5-19(27)14-22(23)29-25(33)28-20-6-4-18-15-30(11-10-17(18)13-20)26(34)36-21-7-2-16(3-8-21)12-24(31)32/h4-6,9,13-14,16,21H,2-3,7-8,10-12,15H2,1H3,(H,31,32)(H2,28,29,33)/t16-,21-. The van der Waals surface area contributed by atoms with Crippen LogP contribution in [0.1, 0.15) is 43.2 Å². The van der Waals surface area contributed by atoms with Gasteiger partial charge in [0.25, 0.3) is 0 Å². The maximum absolute atomic E-state index is 13.5. The molecule has 192 valence electrons. The molecule has 0 aromatic heterocycles. The van der Waals surface area contributed by atoms with Crippen molar-refractivity contribution in [1.29, 1.82) is 0 Å². The fourth-order valence-electron chi connectivity index (χ4n) is 4.77. The third kappa shape index (κ3) is 6.44. The average Bonchev–Trinajstić information content (AvgIpc) is 2.84. The lowest BCUT2D eigenvalue weighted by molar-refractivity contribution is -0.138. The quantitative estimate of drug-likeness (QED) is 0.515. The number of benzene rings is 2. The highest BCUT2D eigenvalue weighted by molar-refractivity contribution is 6.00. The van der Waals surface area contributed by atoms with Crippen molar-refractivity contribution in [3.63, 3.8) is 0 Å². The number of rotatable bonds is 6. The Labute approximate surface area is 208 Å². The van der Waals surface area contributed by atoms with Gasteiger partial charge in [-0.1, -0.05) is 6.07 Å². The van der Waals surface area contributed by atoms with E-state index in [-0.39, 0.29) is 30.2 Å². The zero-order valence-corrected chi connectivity index (χ0v) is 20.1. The minimum absolute atomic E-state index is 0.153. The summed E-state index contributed by atoms with van der Waals surface area (Å²) in [6.07, 6.45) is 3.13. The molecule has 10 heteroatoms. The summed E-state index contributed by atoms with van der Waals surface area (Å²) in [6.45, 7) is 0.909. The first-order chi connectivity index (χ1) is 17.3. The van der Waals surface area contributed by atoms with Crippen molar-refractivity contribution in [1.82, 2.24) is 4.90 Å². The first-order valence-corrected chi connectivity index (χ1v) is 12.0. The number of urea groups is 1. The smallest absolute Gasteiger partial charge is 0.410 e. The van der Waals surface area contributed by atoms with Crippen molar-refractivity contribution < 1.29 is 33.4 Å². The number of hydrogen-bond acceptors (Lipinski definition) is 5. The summed E-state index contributed by atoms with van der Waals surface area (Å²) in [6, 6.07) is 8.81. The summed E-state index contributed by atoms with van der Waals surface area (Å²) in [7, 11) is 1.44. The predicted octanol–water partition coefficient (Wildman–Crippen LogP) is 5.01. The number of carbonyl (C=O) groups excluding carboxylic acids is 2. The average molecular weight is 500 g/mol. The molecular formula is C26H30FN3O6. The molecule has 0 saturated heterocycles. The first-order valence-electron chi connectivity index (χ1n) is 12.0. The van der Waals surface area contributed by atoms with Gasteiger partial charge in [-0.25, -0.2) is 14.0 Å². The fraction of sp³-hybridized carbons (Fsp3) is 0.423. The number of carboxylic acid groups (broad SMARTS) is 1. The summed E-state index contributed by atoms with van der Waals surface area (Å²) >= 11 is 0. The molecule has 3 N–H and O–H groups in total. The highest BCUT2D eigenvalue weighted by Crippen LogP contribution is 2.30. The molecule has 0 spiro atoms. The largest absolute Gasteiger partial charge is 0.495 e. The number of fused-ring (bicyclic) bond motifs is 1. The van der Waals surface area contributed by atoms with Crippen LogP contribution in [0, 0.1) is 11.7 Å². The molecule has 1 fully saturated rings. The lowest BCUT2D eigenvalue weighted by atomic mass is 9.85. The Hall–Kier alpha value is -3.82. The van der Waals surface area contributed by atoms with Gasteiger partial charge in [0.1, 0.15) is 17.7 Å². The summed E-state index contributed by atoms with van der Waals surface area (Å²) in [5.41, 5.74) is 2.80. The monoisotopic (exact) mass is 499 g/mol. The van der Waals surface area contributed by atoms with E-state index in [9.17, 15) is 18.8 Å². The van der Waals surface area contributed by atoms with Gasteiger partial charge in [-0.05, 0) is 73.4 Å². The van der Waals surface area contributed by atoms with E-state index in [1.54, 1.807) is 11.0 Å². The molecule has 1 aliphatic heterocycles. The van der Waals surface area contributed by atoms with Crippen LogP contribution >= 0.6 is 0 Å². The third-order valence-electron chi connectivity index (χ3n) is 6.67. The van der Waals surface area contributed by atoms with Crippen molar-refractivity contribution >= 4 is 29.5 Å². The second-order valence-corrected chi connectivity index (χ2v) is 9.20. The lowest BCUT2D eigenvalue weighted by Gasteiger charge is -2.32. The molecule has 1 aliphatic carbocycles. The molecule has 2 aromatic rings. The maximum atomic E-state index is 13.5. The number of nitrogens with one attached hydrogen (secondary N) is 2. The Morgan fingerprint density at radius 2 is 1.83 bits per heavy atom. The minimum atomic E-state index is -0.784. The van der Waals surface area contributed by atoms with Crippen LogP contribution < -0.4 is 15.4 Å². The van der Waals surface area contributed by atoms with Crippen molar-refractivity contribution in [3.05, 3.63) is 53.3 Å². The van der Waals surface area contributed by atoms with Gasteiger partial charge in [0.05, 0.1) is 12.8 Å². The van der Waals surface area contributed by atoms with E-state index < -0.39 is 17.8 Å². The Kier molecular flexibility index (Phi) is 7.92. The number of ether oxygens (including phenoxy) is 2. The van der Waals surface area contributed by atoms with Crippen molar-refractivity contribution in [2.24, 2.45) is 5.92 Å². The van der Waals surface area contributed by atoms with Crippen LogP contribution in [0.3, 0.4) is 0 Å². The molecule has 3 amide bonds. The van der Waals surface area contributed by atoms with Crippen molar-refractivity contribution in [2.75, 3.05) is 24.3 Å². The van der Waals surface area contributed by atoms with E-state index in [2.05, 4.69) is 10.6 Å². The first kappa shape index (κ1) is 25.3. The molecule has 1 heterocycles.